The summed E-state index contributed by atoms with van der Waals surface area (Å²) >= 11 is 0. The fourth-order valence-corrected chi connectivity index (χ4v) is 2.82. The lowest BCUT2D eigenvalue weighted by atomic mass is 9.95. The zero-order valence-corrected chi connectivity index (χ0v) is 11.5. The Kier molecular flexibility index (Phi) is 3.99. The Balaban J connectivity index is 1.92. The number of hydrogen-bond donors (Lipinski definition) is 2. The van der Waals surface area contributed by atoms with Crippen LogP contribution < -0.4 is 5.32 Å². The van der Waals surface area contributed by atoms with Crippen LogP contribution in [-0.2, 0) is 9.53 Å². The summed E-state index contributed by atoms with van der Waals surface area (Å²) in [6, 6.07) is -0.177. The predicted molar refractivity (Wildman–Crippen MR) is 68.9 cm³/mol. The van der Waals surface area contributed by atoms with Crippen LogP contribution in [-0.4, -0.2) is 53.8 Å². The van der Waals surface area contributed by atoms with Crippen molar-refractivity contribution in [1.82, 2.24) is 10.2 Å². The first-order valence-corrected chi connectivity index (χ1v) is 6.79. The Morgan fingerprint density at radius 1 is 1.42 bits per heavy atom. The SMILES string of the molecule is C[C@@H]1CN(C(=O)NC2(C)CCCOC2)C[C@H]1C(=O)O. The second kappa shape index (κ2) is 5.36. The molecule has 2 N–H and O–H groups in total. The van der Waals surface area contributed by atoms with Crippen molar-refractivity contribution < 1.29 is 19.4 Å². The molecule has 0 aromatic rings. The van der Waals surface area contributed by atoms with E-state index in [1.807, 2.05) is 13.8 Å². The minimum Gasteiger partial charge on any atom is -0.481 e. The number of aliphatic carboxylic acids is 1. The average Bonchev–Trinajstić information content (AvgIpc) is 2.72. The molecular weight excluding hydrogens is 248 g/mol. The third-order valence-corrected chi connectivity index (χ3v) is 4.06. The molecule has 2 fully saturated rings. The van der Waals surface area contributed by atoms with Crippen LogP contribution in [0.5, 0.6) is 0 Å². The van der Waals surface area contributed by atoms with Gasteiger partial charge in [-0.25, -0.2) is 4.79 Å². The van der Waals surface area contributed by atoms with Crippen LogP contribution in [0.1, 0.15) is 26.7 Å². The molecule has 0 aliphatic carbocycles. The van der Waals surface area contributed by atoms with Gasteiger partial charge in [0, 0.05) is 19.7 Å². The van der Waals surface area contributed by atoms with Crippen LogP contribution in [0.25, 0.3) is 0 Å². The van der Waals surface area contributed by atoms with Crippen molar-refractivity contribution in [3.63, 3.8) is 0 Å². The second-order valence-electron chi connectivity index (χ2n) is 5.97. The summed E-state index contributed by atoms with van der Waals surface area (Å²) in [6.07, 6.45) is 1.83. The minimum atomic E-state index is -0.824. The number of hydrogen-bond acceptors (Lipinski definition) is 3. The molecule has 2 saturated heterocycles. The van der Waals surface area contributed by atoms with E-state index in [-0.39, 0.29) is 17.5 Å². The molecule has 108 valence electrons. The average molecular weight is 270 g/mol. The Hall–Kier alpha value is -1.30. The van der Waals surface area contributed by atoms with E-state index in [0.717, 1.165) is 19.4 Å². The van der Waals surface area contributed by atoms with E-state index < -0.39 is 11.9 Å². The lowest BCUT2D eigenvalue weighted by Crippen LogP contribution is -2.55. The highest BCUT2D eigenvalue weighted by Crippen LogP contribution is 2.24. The minimum absolute atomic E-state index is 0.00124. The third-order valence-electron chi connectivity index (χ3n) is 4.06. The van der Waals surface area contributed by atoms with Gasteiger partial charge in [0.2, 0.25) is 0 Å². The summed E-state index contributed by atoms with van der Waals surface area (Å²) in [5.74, 6) is -1.28. The lowest BCUT2D eigenvalue weighted by Gasteiger charge is -2.35. The summed E-state index contributed by atoms with van der Waals surface area (Å²) in [7, 11) is 0. The van der Waals surface area contributed by atoms with Crippen LogP contribution in [0.3, 0.4) is 0 Å². The molecule has 1 unspecified atom stereocenters. The van der Waals surface area contributed by atoms with Gasteiger partial charge >= 0.3 is 12.0 Å². The Morgan fingerprint density at radius 2 is 2.16 bits per heavy atom. The van der Waals surface area contributed by atoms with Gasteiger partial charge in [-0.05, 0) is 25.7 Å². The monoisotopic (exact) mass is 270 g/mol. The number of amides is 2. The fourth-order valence-electron chi connectivity index (χ4n) is 2.82. The summed E-state index contributed by atoms with van der Waals surface area (Å²) in [5, 5.41) is 12.1. The summed E-state index contributed by atoms with van der Waals surface area (Å²) < 4.78 is 5.40. The zero-order chi connectivity index (χ0) is 14.0. The molecule has 2 rings (SSSR count). The number of ether oxygens (including phenoxy) is 1. The molecule has 0 bridgehead atoms. The molecule has 0 spiro atoms. The quantitative estimate of drug-likeness (QED) is 0.782. The van der Waals surface area contributed by atoms with E-state index in [1.165, 1.54) is 0 Å². The van der Waals surface area contributed by atoms with Crippen molar-refractivity contribution in [1.29, 1.82) is 0 Å². The van der Waals surface area contributed by atoms with E-state index in [0.29, 0.717) is 19.7 Å². The lowest BCUT2D eigenvalue weighted by molar-refractivity contribution is -0.142. The number of carbonyl (C=O) groups is 2. The first-order chi connectivity index (χ1) is 8.91. The normalized spacial score (nSPS) is 35.2. The molecule has 6 nitrogen and oxygen atoms in total. The van der Waals surface area contributed by atoms with E-state index in [2.05, 4.69) is 5.32 Å². The molecule has 0 saturated carbocycles. The molecule has 2 amide bonds. The molecular formula is C13H22N2O4. The van der Waals surface area contributed by atoms with Crippen molar-refractivity contribution in [3.05, 3.63) is 0 Å². The standard InChI is InChI=1S/C13H22N2O4/c1-9-6-15(7-10(9)11(16)17)12(18)14-13(2)4-3-5-19-8-13/h9-10H,3-8H2,1-2H3,(H,14,18)(H,16,17)/t9-,10-,13?/m1/s1. The van der Waals surface area contributed by atoms with Crippen molar-refractivity contribution in [2.45, 2.75) is 32.2 Å². The van der Waals surface area contributed by atoms with Crippen LogP contribution in [0.15, 0.2) is 0 Å². The van der Waals surface area contributed by atoms with E-state index >= 15 is 0 Å². The smallest absolute Gasteiger partial charge is 0.317 e. The van der Waals surface area contributed by atoms with Crippen molar-refractivity contribution in [3.8, 4) is 0 Å². The Labute approximate surface area is 113 Å². The van der Waals surface area contributed by atoms with Gasteiger partial charge in [0.15, 0.2) is 0 Å². The predicted octanol–water partition coefficient (Wildman–Crippen LogP) is 0.918. The highest BCUT2D eigenvalue weighted by molar-refractivity contribution is 5.78. The summed E-state index contributed by atoms with van der Waals surface area (Å²) in [6.45, 7) is 5.90. The largest absolute Gasteiger partial charge is 0.481 e. The maximum atomic E-state index is 12.2. The van der Waals surface area contributed by atoms with Crippen LogP contribution in [0, 0.1) is 11.8 Å². The summed E-state index contributed by atoms with van der Waals surface area (Å²) in [5.41, 5.74) is -0.333. The number of urea groups is 1. The topological polar surface area (TPSA) is 78.9 Å². The van der Waals surface area contributed by atoms with Crippen molar-refractivity contribution in [2.75, 3.05) is 26.3 Å². The number of nitrogens with zero attached hydrogens (tertiary/aromatic N) is 1. The molecule has 6 heteroatoms. The fraction of sp³-hybridized carbons (Fsp3) is 0.846. The number of nitrogens with one attached hydrogen (secondary N) is 1. The van der Waals surface area contributed by atoms with Gasteiger partial charge in [-0.15, -0.1) is 0 Å². The zero-order valence-electron chi connectivity index (χ0n) is 11.5. The molecule has 0 radical (unpaired) electrons. The van der Waals surface area contributed by atoms with Crippen molar-refractivity contribution >= 4 is 12.0 Å². The number of carboxylic acid groups (broad SMARTS) is 1. The summed E-state index contributed by atoms with van der Waals surface area (Å²) in [4.78, 5) is 24.9. The first kappa shape index (κ1) is 14.1. The van der Waals surface area contributed by atoms with E-state index in [1.54, 1.807) is 4.90 Å². The molecule has 19 heavy (non-hydrogen) atoms. The Bertz CT molecular complexity index is 366. The van der Waals surface area contributed by atoms with Gasteiger partial charge in [0.25, 0.3) is 0 Å². The van der Waals surface area contributed by atoms with Crippen LogP contribution in [0.4, 0.5) is 4.79 Å². The second-order valence-corrected chi connectivity index (χ2v) is 5.97. The molecule has 2 aliphatic heterocycles. The van der Waals surface area contributed by atoms with Gasteiger partial charge in [-0.1, -0.05) is 6.92 Å². The van der Waals surface area contributed by atoms with Gasteiger partial charge in [-0.3, -0.25) is 4.79 Å². The van der Waals surface area contributed by atoms with Crippen LogP contribution in [0.2, 0.25) is 0 Å². The van der Waals surface area contributed by atoms with Gasteiger partial charge in [0.1, 0.15) is 0 Å². The highest BCUT2D eigenvalue weighted by Gasteiger charge is 2.39. The van der Waals surface area contributed by atoms with Crippen LogP contribution >= 0.6 is 0 Å². The third kappa shape index (κ3) is 3.18. The van der Waals surface area contributed by atoms with Crippen molar-refractivity contribution in [2.24, 2.45) is 11.8 Å². The molecule has 2 heterocycles. The van der Waals surface area contributed by atoms with E-state index in [9.17, 15) is 9.59 Å². The number of carboxylic acids is 1. The number of likely N-dealkylation sites (tertiary alicyclic amines) is 1. The van der Waals surface area contributed by atoms with Gasteiger partial charge < -0.3 is 20.1 Å². The maximum Gasteiger partial charge on any atom is 0.317 e. The molecule has 0 aromatic heterocycles. The molecule has 0 aromatic carbocycles. The molecule has 2 aliphatic rings. The van der Waals surface area contributed by atoms with E-state index in [4.69, 9.17) is 9.84 Å². The Morgan fingerprint density at radius 3 is 2.68 bits per heavy atom. The van der Waals surface area contributed by atoms with Gasteiger partial charge in [0.05, 0.1) is 18.1 Å². The highest BCUT2D eigenvalue weighted by atomic mass is 16.5. The van der Waals surface area contributed by atoms with Gasteiger partial charge in [-0.2, -0.15) is 0 Å². The first-order valence-electron chi connectivity index (χ1n) is 6.79. The number of rotatable bonds is 2. The number of carbonyl (C=O) groups excluding carboxylic acids is 1. The maximum absolute atomic E-state index is 12.2. The molecule has 3 atom stereocenters.